The number of carbonyl (C=O) groups excluding carboxylic acids is 1. The molecule has 3 aromatic rings. The Balaban J connectivity index is 1.95. The summed E-state index contributed by atoms with van der Waals surface area (Å²) >= 11 is 1.50. The molecule has 0 N–H and O–H groups in total. The second-order valence-corrected chi connectivity index (χ2v) is 7.93. The van der Waals surface area contributed by atoms with Crippen molar-refractivity contribution in [3.8, 4) is 17.1 Å². The van der Waals surface area contributed by atoms with Crippen LogP contribution in [0.2, 0.25) is 0 Å². The summed E-state index contributed by atoms with van der Waals surface area (Å²) in [5, 5.41) is 9.21. The first-order valence-electron chi connectivity index (χ1n) is 9.64. The number of amides is 1. The fourth-order valence-corrected chi connectivity index (χ4v) is 3.89. The van der Waals surface area contributed by atoms with Crippen molar-refractivity contribution >= 4 is 23.4 Å². The van der Waals surface area contributed by atoms with Gasteiger partial charge in [-0.15, -0.1) is 10.2 Å². The highest BCUT2D eigenvalue weighted by Gasteiger charge is 2.35. The van der Waals surface area contributed by atoms with Gasteiger partial charge in [0.25, 0.3) is 0 Å². The van der Waals surface area contributed by atoms with Gasteiger partial charge in [0, 0.05) is 17.5 Å². The topological polar surface area (TPSA) is 68.2 Å². The van der Waals surface area contributed by atoms with Gasteiger partial charge in [0.2, 0.25) is 23.2 Å². The van der Waals surface area contributed by atoms with Crippen LogP contribution in [0.25, 0.3) is 11.3 Å². The molecule has 1 aliphatic rings. The number of aromatic nitrogens is 3. The lowest BCUT2D eigenvalue weighted by molar-refractivity contribution is -0.120. The van der Waals surface area contributed by atoms with E-state index < -0.39 is 6.23 Å². The van der Waals surface area contributed by atoms with Gasteiger partial charge >= 0.3 is 0 Å². The largest absolute Gasteiger partial charge is 0.447 e. The summed E-state index contributed by atoms with van der Waals surface area (Å²) in [6, 6.07) is 15.7. The van der Waals surface area contributed by atoms with E-state index in [1.54, 1.807) is 4.90 Å². The van der Waals surface area contributed by atoms with Crippen LogP contribution in [0.1, 0.15) is 37.6 Å². The van der Waals surface area contributed by atoms with E-state index in [2.05, 4.69) is 15.2 Å². The van der Waals surface area contributed by atoms with E-state index in [4.69, 9.17) is 4.74 Å². The highest BCUT2D eigenvalue weighted by atomic mass is 32.2. The standard InChI is InChI=1S/C22H22N4O2S/c1-4-18(27)26-17-12-7-6-11-16(17)19-20(23-22(25-24-19)29-5-2)28-21(26)15-10-8-9-14(3)13-15/h6-13,21H,4-5H2,1-3H3. The Kier molecular flexibility index (Phi) is 5.49. The van der Waals surface area contributed by atoms with Gasteiger partial charge in [-0.3, -0.25) is 9.69 Å². The van der Waals surface area contributed by atoms with E-state index in [1.165, 1.54) is 11.8 Å². The Labute approximate surface area is 174 Å². The molecule has 0 spiro atoms. The first-order chi connectivity index (χ1) is 14.1. The third-order valence-corrected chi connectivity index (χ3v) is 5.40. The van der Waals surface area contributed by atoms with Gasteiger partial charge in [-0.05, 0) is 18.7 Å². The lowest BCUT2D eigenvalue weighted by atomic mass is 10.1. The first-order valence-corrected chi connectivity index (χ1v) is 10.6. The third kappa shape index (κ3) is 3.70. The Morgan fingerprint density at radius 3 is 2.72 bits per heavy atom. The summed E-state index contributed by atoms with van der Waals surface area (Å²) in [4.78, 5) is 19.4. The molecule has 4 rings (SSSR count). The van der Waals surface area contributed by atoms with E-state index in [1.807, 2.05) is 69.3 Å². The molecule has 2 aromatic carbocycles. The Hall–Kier alpha value is -2.93. The van der Waals surface area contributed by atoms with Crippen molar-refractivity contribution < 1.29 is 9.53 Å². The van der Waals surface area contributed by atoms with Crippen molar-refractivity contribution in [3.05, 3.63) is 59.7 Å². The second-order valence-electron chi connectivity index (χ2n) is 6.70. The highest BCUT2D eigenvalue weighted by Crippen LogP contribution is 2.43. The van der Waals surface area contributed by atoms with Gasteiger partial charge in [-0.2, -0.15) is 4.98 Å². The Morgan fingerprint density at radius 2 is 1.97 bits per heavy atom. The molecule has 7 heteroatoms. The number of hydrogen-bond acceptors (Lipinski definition) is 6. The minimum absolute atomic E-state index is 0.0344. The predicted molar refractivity (Wildman–Crippen MR) is 114 cm³/mol. The molecule has 148 valence electrons. The van der Waals surface area contributed by atoms with Crippen molar-refractivity contribution in [1.82, 2.24) is 15.2 Å². The molecule has 0 aliphatic carbocycles. The van der Waals surface area contributed by atoms with Crippen LogP contribution in [-0.4, -0.2) is 26.8 Å². The number of hydrogen-bond donors (Lipinski definition) is 0. The smallest absolute Gasteiger partial charge is 0.247 e. The van der Waals surface area contributed by atoms with E-state index in [9.17, 15) is 4.79 Å². The van der Waals surface area contributed by atoms with Crippen LogP contribution in [-0.2, 0) is 4.79 Å². The van der Waals surface area contributed by atoms with E-state index in [0.29, 0.717) is 23.2 Å². The number of carbonyl (C=O) groups is 1. The maximum absolute atomic E-state index is 13.1. The average Bonchev–Trinajstić information content (AvgIpc) is 2.88. The molecule has 6 nitrogen and oxygen atoms in total. The number of ether oxygens (including phenoxy) is 1. The summed E-state index contributed by atoms with van der Waals surface area (Å²) in [5.74, 6) is 1.19. The molecule has 29 heavy (non-hydrogen) atoms. The molecule has 1 amide bonds. The molecule has 1 aliphatic heterocycles. The normalized spacial score (nSPS) is 15.1. The van der Waals surface area contributed by atoms with Crippen molar-refractivity contribution in [2.75, 3.05) is 10.7 Å². The summed E-state index contributed by atoms with van der Waals surface area (Å²) in [5.41, 5.74) is 4.06. The number of nitrogens with zero attached hydrogens (tertiary/aromatic N) is 4. The number of para-hydroxylation sites is 1. The fraction of sp³-hybridized carbons (Fsp3) is 0.273. The number of thioether (sulfide) groups is 1. The zero-order chi connectivity index (χ0) is 20.4. The van der Waals surface area contributed by atoms with Crippen molar-refractivity contribution in [2.45, 2.75) is 38.6 Å². The maximum Gasteiger partial charge on any atom is 0.247 e. The third-order valence-electron chi connectivity index (χ3n) is 4.68. The summed E-state index contributed by atoms with van der Waals surface area (Å²) in [7, 11) is 0. The van der Waals surface area contributed by atoms with Crippen LogP contribution in [0, 0.1) is 6.92 Å². The van der Waals surface area contributed by atoms with Crippen LogP contribution in [0.4, 0.5) is 5.69 Å². The van der Waals surface area contributed by atoms with Gasteiger partial charge in [-0.25, -0.2) is 0 Å². The Bertz CT molecular complexity index is 1060. The molecule has 1 aromatic heterocycles. The SMILES string of the molecule is CCSc1nnc2c(n1)OC(c1cccc(C)c1)N(C(=O)CC)c1ccccc1-2. The van der Waals surface area contributed by atoms with Crippen LogP contribution >= 0.6 is 11.8 Å². The quantitative estimate of drug-likeness (QED) is 0.580. The van der Waals surface area contributed by atoms with Crippen LogP contribution < -0.4 is 9.64 Å². The van der Waals surface area contributed by atoms with Gasteiger partial charge in [0.1, 0.15) is 0 Å². The lowest BCUT2D eigenvalue weighted by Gasteiger charge is -2.30. The summed E-state index contributed by atoms with van der Waals surface area (Å²) < 4.78 is 6.38. The minimum Gasteiger partial charge on any atom is -0.447 e. The fourth-order valence-electron chi connectivity index (χ4n) is 3.38. The molecular formula is C22H22N4O2S. The average molecular weight is 407 g/mol. The second kappa shape index (κ2) is 8.21. The monoisotopic (exact) mass is 406 g/mol. The lowest BCUT2D eigenvalue weighted by Crippen LogP contribution is -2.37. The molecule has 0 saturated carbocycles. The van der Waals surface area contributed by atoms with Crippen LogP contribution in [0.3, 0.4) is 0 Å². The number of fused-ring (bicyclic) bond motifs is 3. The van der Waals surface area contributed by atoms with Crippen molar-refractivity contribution in [3.63, 3.8) is 0 Å². The molecule has 0 fully saturated rings. The molecule has 1 unspecified atom stereocenters. The number of anilines is 1. The van der Waals surface area contributed by atoms with Crippen molar-refractivity contribution in [1.29, 1.82) is 0 Å². The molecular weight excluding hydrogens is 384 g/mol. The van der Waals surface area contributed by atoms with Crippen molar-refractivity contribution in [2.24, 2.45) is 0 Å². The number of rotatable bonds is 4. The summed E-state index contributed by atoms with van der Waals surface area (Å²) in [6.07, 6.45) is -0.284. The highest BCUT2D eigenvalue weighted by molar-refractivity contribution is 7.99. The molecule has 0 radical (unpaired) electrons. The zero-order valence-corrected chi connectivity index (χ0v) is 17.4. The minimum atomic E-state index is -0.638. The zero-order valence-electron chi connectivity index (χ0n) is 16.6. The van der Waals surface area contributed by atoms with Crippen LogP contribution in [0.15, 0.2) is 53.7 Å². The molecule has 0 saturated heterocycles. The van der Waals surface area contributed by atoms with Gasteiger partial charge < -0.3 is 4.74 Å². The van der Waals surface area contributed by atoms with E-state index >= 15 is 0 Å². The number of benzene rings is 2. The number of aryl methyl sites for hydroxylation is 1. The predicted octanol–water partition coefficient (Wildman–Crippen LogP) is 4.79. The Morgan fingerprint density at radius 1 is 1.14 bits per heavy atom. The molecule has 1 atom stereocenters. The maximum atomic E-state index is 13.1. The van der Waals surface area contributed by atoms with Gasteiger partial charge in [0.15, 0.2) is 5.69 Å². The van der Waals surface area contributed by atoms with E-state index in [0.717, 1.165) is 28.1 Å². The van der Waals surface area contributed by atoms with E-state index in [-0.39, 0.29) is 5.91 Å². The summed E-state index contributed by atoms with van der Waals surface area (Å²) in [6.45, 7) is 5.91. The molecule has 2 heterocycles. The van der Waals surface area contributed by atoms with Gasteiger partial charge in [0.05, 0.1) is 5.69 Å². The van der Waals surface area contributed by atoms with Crippen LogP contribution in [0.5, 0.6) is 5.88 Å². The molecule has 0 bridgehead atoms. The first kappa shape index (κ1) is 19.4. The van der Waals surface area contributed by atoms with Gasteiger partial charge in [-0.1, -0.05) is 73.6 Å².